The number of carbonyl (C=O) groups is 1. The van der Waals surface area contributed by atoms with Gasteiger partial charge < -0.3 is 20.9 Å². The van der Waals surface area contributed by atoms with Crippen molar-refractivity contribution in [2.24, 2.45) is 11.5 Å². The summed E-state index contributed by atoms with van der Waals surface area (Å²) < 4.78 is 10.8. The number of rotatable bonds is 2. The zero-order chi connectivity index (χ0) is 11.8. The molecule has 1 atom stereocenters. The predicted molar refractivity (Wildman–Crippen MR) is 58.2 cm³/mol. The molecule has 16 heavy (non-hydrogen) atoms. The van der Waals surface area contributed by atoms with Crippen LogP contribution in [0.15, 0.2) is 18.2 Å². The second-order valence-corrected chi connectivity index (χ2v) is 3.93. The highest BCUT2D eigenvalue weighted by molar-refractivity contribution is 5.85. The summed E-state index contributed by atoms with van der Waals surface area (Å²) in [7, 11) is 0. The summed E-state index contributed by atoms with van der Waals surface area (Å²) >= 11 is 0. The molecule has 1 amide bonds. The van der Waals surface area contributed by atoms with E-state index in [9.17, 15) is 4.79 Å². The number of hydrogen-bond donors (Lipinski definition) is 2. The number of amides is 1. The summed E-state index contributed by atoms with van der Waals surface area (Å²) in [6.45, 7) is 2.59. The van der Waals surface area contributed by atoms with Crippen molar-refractivity contribution in [3.05, 3.63) is 23.8 Å². The molecule has 1 heterocycles. The van der Waals surface area contributed by atoms with E-state index in [4.69, 9.17) is 20.9 Å². The molecule has 0 aromatic heterocycles. The van der Waals surface area contributed by atoms with E-state index in [-0.39, 0.29) is 0 Å². The lowest BCUT2D eigenvalue weighted by molar-refractivity contribution is -0.122. The zero-order valence-electron chi connectivity index (χ0n) is 9.03. The van der Waals surface area contributed by atoms with Crippen LogP contribution < -0.4 is 20.9 Å². The molecule has 1 aromatic carbocycles. The minimum absolute atomic E-state index is 0.494. The molecule has 5 heteroatoms. The highest BCUT2D eigenvalue weighted by Gasteiger charge is 2.29. The number of nitrogens with two attached hydrogens (primary N) is 2. The summed E-state index contributed by atoms with van der Waals surface area (Å²) in [5.41, 5.74) is 10.5. The van der Waals surface area contributed by atoms with Crippen LogP contribution in [0.25, 0.3) is 0 Å². The van der Waals surface area contributed by atoms with Crippen LogP contribution in [0.2, 0.25) is 0 Å². The first-order valence-electron chi connectivity index (χ1n) is 5.01. The Balaban J connectivity index is 2.40. The van der Waals surface area contributed by atoms with Gasteiger partial charge in [-0.15, -0.1) is 0 Å². The maximum atomic E-state index is 11.2. The van der Waals surface area contributed by atoms with Gasteiger partial charge in [0, 0.05) is 0 Å². The molecule has 2 rings (SSSR count). The fourth-order valence-electron chi connectivity index (χ4n) is 1.51. The van der Waals surface area contributed by atoms with Crippen molar-refractivity contribution in [2.75, 3.05) is 13.2 Å². The Labute approximate surface area is 93.3 Å². The Hall–Kier alpha value is -1.75. The smallest absolute Gasteiger partial charge is 0.241 e. The summed E-state index contributed by atoms with van der Waals surface area (Å²) in [5, 5.41) is 0. The molecular formula is C11H14N2O3. The molecule has 0 fully saturated rings. The maximum Gasteiger partial charge on any atom is 0.241 e. The third-order valence-electron chi connectivity index (χ3n) is 2.65. The Kier molecular flexibility index (Phi) is 2.47. The van der Waals surface area contributed by atoms with Crippen molar-refractivity contribution in [1.29, 1.82) is 0 Å². The minimum atomic E-state index is -1.20. The summed E-state index contributed by atoms with van der Waals surface area (Å²) in [5.74, 6) is 0.682. The van der Waals surface area contributed by atoms with Gasteiger partial charge >= 0.3 is 0 Å². The summed E-state index contributed by atoms with van der Waals surface area (Å²) in [4.78, 5) is 11.2. The Morgan fingerprint density at radius 1 is 1.31 bits per heavy atom. The zero-order valence-corrected chi connectivity index (χ0v) is 9.03. The van der Waals surface area contributed by atoms with Crippen LogP contribution in [-0.4, -0.2) is 19.1 Å². The van der Waals surface area contributed by atoms with E-state index >= 15 is 0 Å². The number of primary amides is 1. The Bertz CT molecular complexity index is 429. The van der Waals surface area contributed by atoms with Crippen LogP contribution in [0.1, 0.15) is 12.5 Å². The third-order valence-corrected chi connectivity index (χ3v) is 2.65. The molecule has 4 N–H and O–H groups in total. The van der Waals surface area contributed by atoms with E-state index in [1.165, 1.54) is 0 Å². The van der Waals surface area contributed by atoms with Crippen LogP contribution in [0.4, 0.5) is 0 Å². The molecule has 0 aliphatic carbocycles. The molecule has 1 aromatic rings. The first kappa shape index (κ1) is 10.8. The molecule has 0 saturated carbocycles. The van der Waals surface area contributed by atoms with Gasteiger partial charge in [-0.05, 0) is 24.6 Å². The quantitative estimate of drug-likeness (QED) is 0.743. The average Bonchev–Trinajstić information content (AvgIpc) is 2.28. The highest BCUT2D eigenvalue weighted by atomic mass is 16.6. The van der Waals surface area contributed by atoms with Crippen molar-refractivity contribution in [3.8, 4) is 11.5 Å². The van der Waals surface area contributed by atoms with Crippen LogP contribution >= 0.6 is 0 Å². The SMILES string of the molecule is CC(N)(C(N)=O)c1ccc2c(c1)OCCO2. The van der Waals surface area contributed by atoms with Gasteiger partial charge in [0.25, 0.3) is 0 Å². The standard InChI is InChI=1S/C11H14N2O3/c1-11(13,10(12)14)7-2-3-8-9(6-7)16-5-4-15-8/h2-3,6H,4-5,13H2,1H3,(H2,12,14). The summed E-state index contributed by atoms with van der Waals surface area (Å²) in [6.07, 6.45) is 0. The van der Waals surface area contributed by atoms with E-state index in [0.717, 1.165) is 0 Å². The van der Waals surface area contributed by atoms with Gasteiger partial charge in [0.05, 0.1) is 0 Å². The molecule has 1 aliphatic heterocycles. The van der Waals surface area contributed by atoms with E-state index in [0.29, 0.717) is 30.3 Å². The Morgan fingerprint density at radius 3 is 2.56 bits per heavy atom. The van der Waals surface area contributed by atoms with Gasteiger partial charge in [-0.25, -0.2) is 0 Å². The number of benzene rings is 1. The molecule has 0 bridgehead atoms. The van der Waals surface area contributed by atoms with Crippen LogP contribution in [0.3, 0.4) is 0 Å². The molecule has 5 nitrogen and oxygen atoms in total. The van der Waals surface area contributed by atoms with Gasteiger partial charge in [-0.2, -0.15) is 0 Å². The second kappa shape index (κ2) is 3.68. The lowest BCUT2D eigenvalue weighted by atomic mass is 9.92. The number of carbonyl (C=O) groups excluding carboxylic acids is 1. The molecule has 0 spiro atoms. The lowest BCUT2D eigenvalue weighted by Gasteiger charge is -2.24. The van der Waals surface area contributed by atoms with Gasteiger partial charge in [0.15, 0.2) is 11.5 Å². The van der Waals surface area contributed by atoms with E-state index < -0.39 is 11.4 Å². The number of hydrogen-bond acceptors (Lipinski definition) is 4. The fraction of sp³-hybridized carbons (Fsp3) is 0.364. The number of ether oxygens (including phenoxy) is 2. The molecule has 1 unspecified atom stereocenters. The topological polar surface area (TPSA) is 87.6 Å². The fourth-order valence-corrected chi connectivity index (χ4v) is 1.51. The molecular weight excluding hydrogens is 208 g/mol. The predicted octanol–water partition coefficient (Wildman–Crippen LogP) is 0.117. The first-order chi connectivity index (χ1) is 7.51. The van der Waals surface area contributed by atoms with Gasteiger partial charge in [0.1, 0.15) is 18.8 Å². The van der Waals surface area contributed by atoms with Gasteiger partial charge in [0.2, 0.25) is 5.91 Å². The van der Waals surface area contributed by atoms with Gasteiger partial charge in [-0.3, -0.25) is 4.79 Å². The van der Waals surface area contributed by atoms with E-state index in [1.54, 1.807) is 25.1 Å². The first-order valence-corrected chi connectivity index (χ1v) is 5.01. The molecule has 0 radical (unpaired) electrons. The molecule has 0 saturated heterocycles. The van der Waals surface area contributed by atoms with Crippen LogP contribution in [-0.2, 0) is 10.3 Å². The van der Waals surface area contributed by atoms with Crippen LogP contribution in [0.5, 0.6) is 11.5 Å². The van der Waals surface area contributed by atoms with Gasteiger partial charge in [-0.1, -0.05) is 6.07 Å². The largest absolute Gasteiger partial charge is 0.486 e. The normalized spacial score (nSPS) is 17.6. The van der Waals surface area contributed by atoms with Crippen molar-refractivity contribution in [1.82, 2.24) is 0 Å². The third kappa shape index (κ3) is 1.69. The Morgan fingerprint density at radius 2 is 1.94 bits per heavy atom. The summed E-state index contributed by atoms with van der Waals surface area (Å²) in [6, 6.07) is 5.15. The van der Waals surface area contributed by atoms with Crippen molar-refractivity contribution in [3.63, 3.8) is 0 Å². The van der Waals surface area contributed by atoms with E-state index in [1.807, 2.05) is 0 Å². The lowest BCUT2D eigenvalue weighted by Crippen LogP contribution is -2.46. The number of fused-ring (bicyclic) bond motifs is 1. The van der Waals surface area contributed by atoms with Crippen molar-refractivity contribution >= 4 is 5.91 Å². The van der Waals surface area contributed by atoms with Crippen LogP contribution in [0, 0.1) is 0 Å². The van der Waals surface area contributed by atoms with Crippen molar-refractivity contribution in [2.45, 2.75) is 12.5 Å². The van der Waals surface area contributed by atoms with E-state index in [2.05, 4.69) is 0 Å². The minimum Gasteiger partial charge on any atom is -0.486 e. The second-order valence-electron chi connectivity index (χ2n) is 3.93. The maximum absolute atomic E-state index is 11.2. The monoisotopic (exact) mass is 222 g/mol. The molecule has 86 valence electrons. The average molecular weight is 222 g/mol. The molecule has 1 aliphatic rings. The van der Waals surface area contributed by atoms with Crippen molar-refractivity contribution < 1.29 is 14.3 Å². The highest BCUT2D eigenvalue weighted by Crippen LogP contribution is 2.33.